The Kier molecular flexibility index (Phi) is 6.50. The summed E-state index contributed by atoms with van der Waals surface area (Å²) in [4.78, 5) is 23.7. The fourth-order valence-electron chi connectivity index (χ4n) is 6.19. The van der Waals surface area contributed by atoms with Crippen molar-refractivity contribution < 1.29 is 14.3 Å². The van der Waals surface area contributed by atoms with Crippen LogP contribution in [-0.2, 0) is 9.47 Å². The second-order valence-corrected chi connectivity index (χ2v) is 10.4. The highest BCUT2D eigenvalue weighted by Gasteiger charge is 2.51. The SMILES string of the molecule is CCOC(=O)N1CC2(CC[C@H](N3CCN(c4cc(Cl)cnc4C4CCOCC4)CC3)C2)C1. The van der Waals surface area contributed by atoms with E-state index in [4.69, 9.17) is 26.1 Å². The summed E-state index contributed by atoms with van der Waals surface area (Å²) in [6.07, 6.45) is 7.38. The van der Waals surface area contributed by atoms with E-state index >= 15 is 0 Å². The van der Waals surface area contributed by atoms with Gasteiger partial charge in [0, 0.05) is 76.1 Å². The third kappa shape index (κ3) is 4.44. The molecule has 0 radical (unpaired) electrons. The van der Waals surface area contributed by atoms with Gasteiger partial charge in [0.1, 0.15) is 0 Å². The first kappa shape index (κ1) is 22.2. The van der Waals surface area contributed by atoms with Crippen LogP contribution >= 0.6 is 11.6 Å². The number of ether oxygens (including phenoxy) is 2. The summed E-state index contributed by atoms with van der Waals surface area (Å²) in [5.74, 6) is 0.463. The minimum absolute atomic E-state index is 0.148. The van der Waals surface area contributed by atoms with E-state index < -0.39 is 0 Å². The number of amides is 1. The molecule has 4 fully saturated rings. The molecule has 32 heavy (non-hydrogen) atoms. The predicted molar refractivity (Wildman–Crippen MR) is 124 cm³/mol. The number of aromatic nitrogens is 1. The van der Waals surface area contributed by atoms with Gasteiger partial charge in [0.05, 0.1) is 23.0 Å². The molecule has 4 heterocycles. The van der Waals surface area contributed by atoms with Gasteiger partial charge in [-0.25, -0.2) is 4.79 Å². The van der Waals surface area contributed by atoms with Gasteiger partial charge in [0.2, 0.25) is 0 Å². The zero-order valence-electron chi connectivity index (χ0n) is 19.1. The number of nitrogens with zero attached hydrogens (tertiary/aromatic N) is 4. The zero-order valence-corrected chi connectivity index (χ0v) is 19.9. The lowest BCUT2D eigenvalue weighted by atomic mass is 9.78. The molecule has 0 unspecified atom stereocenters. The molecule has 5 rings (SSSR count). The summed E-state index contributed by atoms with van der Waals surface area (Å²) in [5, 5.41) is 0.715. The molecule has 0 aromatic carbocycles. The average molecular weight is 463 g/mol. The Morgan fingerprint density at radius 3 is 2.69 bits per heavy atom. The summed E-state index contributed by atoms with van der Waals surface area (Å²) in [6.45, 7) is 9.85. The van der Waals surface area contributed by atoms with Gasteiger partial charge in [-0.05, 0) is 45.1 Å². The molecule has 8 heteroatoms. The maximum Gasteiger partial charge on any atom is 0.409 e. The van der Waals surface area contributed by atoms with Crippen LogP contribution in [0.3, 0.4) is 0 Å². The number of hydrogen-bond acceptors (Lipinski definition) is 6. The molecule has 3 aliphatic heterocycles. The van der Waals surface area contributed by atoms with Gasteiger partial charge in [-0.1, -0.05) is 11.6 Å². The van der Waals surface area contributed by atoms with Crippen molar-refractivity contribution in [1.82, 2.24) is 14.8 Å². The molecule has 1 aromatic rings. The molecule has 1 spiro atoms. The Morgan fingerprint density at radius 2 is 1.97 bits per heavy atom. The number of hydrogen-bond donors (Lipinski definition) is 0. The number of pyridine rings is 1. The summed E-state index contributed by atoms with van der Waals surface area (Å²) in [7, 11) is 0. The lowest BCUT2D eigenvalue weighted by Crippen LogP contribution is -2.58. The van der Waals surface area contributed by atoms with E-state index in [-0.39, 0.29) is 6.09 Å². The quantitative estimate of drug-likeness (QED) is 0.679. The largest absolute Gasteiger partial charge is 0.450 e. The smallest absolute Gasteiger partial charge is 0.409 e. The zero-order chi connectivity index (χ0) is 22.1. The minimum Gasteiger partial charge on any atom is -0.450 e. The second-order valence-electron chi connectivity index (χ2n) is 9.92. The van der Waals surface area contributed by atoms with Crippen LogP contribution in [0.2, 0.25) is 5.02 Å². The summed E-state index contributed by atoms with van der Waals surface area (Å²) >= 11 is 6.35. The fourth-order valence-corrected chi connectivity index (χ4v) is 6.34. The number of carbonyl (C=O) groups excluding carboxylic acids is 1. The Hall–Kier alpha value is -1.57. The molecule has 1 aromatic heterocycles. The Morgan fingerprint density at radius 1 is 1.22 bits per heavy atom. The Balaban J connectivity index is 1.17. The summed E-state index contributed by atoms with van der Waals surface area (Å²) < 4.78 is 10.7. The van der Waals surface area contributed by atoms with Crippen molar-refractivity contribution in [3.05, 3.63) is 23.0 Å². The van der Waals surface area contributed by atoms with Crippen LogP contribution < -0.4 is 4.90 Å². The highest BCUT2D eigenvalue weighted by molar-refractivity contribution is 6.30. The van der Waals surface area contributed by atoms with Gasteiger partial charge in [-0.3, -0.25) is 9.88 Å². The van der Waals surface area contributed by atoms with E-state index in [1.54, 1.807) is 6.20 Å². The molecule has 1 atom stereocenters. The molecular formula is C24H35ClN4O3. The standard InChI is InChI=1S/C24H35ClN4O3/c1-2-32-23(30)29-16-24(17-29)6-3-20(14-24)27-7-9-28(10-8-27)21-13-19(25)15-26-22(21)18-4-11-31-12-5-18/h13,15,18,20H,2-12,14,16-17H2,1H3/t20-/m0/s1. The minimum atomic E-state index is -0.148. The van der Waals surface area contributed by atoms with E-state index in [9.17, 15) is 4.79 Å². The van der Waals surface area contributed by atoms with E-state index in [1.807, 2.05) is 11.8 Å². The molecule has 4 aliphatic rings. The molecule has 3 saturated heterocycles. The van der Waals surface area contributed by atoms with E-state index in [0.717, 1.165) is 65.3 Å². The molecule has 1 saturated carbocycles. The Labute approximate surface area is 196 Å². The van der Waals surface area contributed by atoms with Crippen LogP contribution in [0.15, 0.2) is 12.3 Å². The van der Waals surface area contributed by atoms with Crippen molar-refractivity contribution in [3.63, 3.8) is 0 Å². The van der Waals surface area contributed by atoms with Crippen molar-refractivity contribution in [2.45, 2.75) is 51.0 Å². The van der Waals surface area contributed by atoms with Gasteiger partial charge in [-0.15, -0.1) is 0 Å². The van der Waals surface area contributed by atoms with Gasteiger partial charge in [0.25, 0.3) is 0 Å². The molecule has 0 bridgehead atoms. The lowest BCUT2D eigenvalue weighted by molar-refractivity contribution is -0.00294. The highest BCUT2D eigenvalue weighted by Crippen LogP contribution is 2.47. The van der Waals surface area contributed by atoms with Crippen LogP contribution in [0.1, 0.15) is 50.6 Å². The highest BCUT2D eigenvalue weighted by atomic mass is 35.5. The van der Waals surface area contributed by atoms with Gasteiger partial charge in [0.15, 0.2) is 0 Å². The van der Waals surface area contributed by atoms with Gasteiger partial charge >= 0.3 is 6.09 Å². The number of carbonyl (C=O) groups is 1. The van der Waals surface area contributed by atoms with Crippen molar-refractivity contribution in [1.29, 1.82) is 0 Å². The van der Waals surface area contributed by atoms with E-state index in [1.165, 1.54) is 30.6 Å². The lowest BCUT2D eigenvalue weighted by Gasteiger charge is -2.48. The number of halogens is 1. The third-order valence-corrected chi connectivity index (χ3v) is 8.11. The first-order chi connectivity index (χ1) is 15.6. The number of rotatable bonds is 4. The van der Waals surface area contributed by atoms with Crippen LogP contribution in [-0.4, -0.2) is 86.0 Å². The molecule has 0 N–H and O–H groups in total. The first-order valence-electron chi connectivity index (χ1n) is 12.2. The van der Waals surface area contributed by atoms with Crippen molar-refractivity contribution in [2.24, 2.45) is 5.41 Å². The van der Waals surface area contributed by atoms with Crippen molar-refractivity contribution in [3.8, 4) is 0 Å². The summed E-state index contributed by atoms with van der Waals surface area (Å²) in [5.41, 5.74) is 2.73. The topological polar surface area (TPSA) is 58.1 Å². The van der Waals surface area contributed by atoms with Gasteiger partial charge in [-0.2, -0.15) is 0 Å². The predicted octanol–water partition coefficient (Wildman–Crippen LogP) is 3.76. The molecule has 1 aliphatic carbocycles. The van der Waals surface area contributed by atoms with Crippen LogP contribution in [0.4, 0.5) is 10.5 Å². The van der Waals surface area contributed by atoms with Gasteiger partial charge < -0.3 is 19.3 Å². The van der Waals surface area contributed by atoms with Crippen molar-refractivity contribution >= 4 is 23.4 Å². The summed E-state index contributed by atoms with van der Waals surface area (Å²) in [6, 6.07) is 2.74. The number of anilines is 1. The second kappa shape index (κ2) is 9.35. The first-order valence-corrected chi connectivity index (χ1v) is 12.6. The maximum absolute atomic E-state index is 12.0. The van der Waals surface area contributed by atoms with Crippen LogP contribution in [0.5, 0.6) is 0 Å². The molecule has 176 valence electrons. The Bertz CT molecular complexity index is 817. The number of piperazine rings is 1. The molecule has 7 nitrogen and oxygen atoms in total. The molecule has 1 amide bonds. The van der Waals surface area contributed by atoms with E-state index in [2.05, 4.69) is 15.9 Å². The number of likely N-dealkylation sites (tertiary alicyclic amines) is 1. The van der Waals surface area contributed by atoms with Crippen LogP contribution in [0.25, 0.3) is 0 Å². The average Bonchev–Trinajstić information content (AvgIpc) is 3.25. The normalized spacial score (nSPS) is 26.4. The monoisotopic (exact) mass is 462 g/mol. The third-order valence-electron chi connectivity index (χ3n) is 7.90. The maximum atomic E-state index is 12.0. The molecular weight excluding hydrogens is 428 g/mol. The van der Waals surface area contributed by atoms with Crippen molar-refractivity contribution in [2.75, 3.05) is 64.0 Å². The fraction of sp³-hybridized carbons (Fsp3) is 0.750. The van der Waals surface area contributed by atoms with E-state index in [0.29, 0.717) is 29.0 Å². The van der Waals surface area contributed by atoms with Crippen LogP contribution in [0, 0.1) is 5.41 Å².